The summed E-state index contributed by atoms with van der Waals surface area (Å²) in [4.78, 5) is 2.46. The molecule has 0 aromatic heterocycles. The van der Waals surface area contributed by atoms with Crippen LogP contribution in [0.25, 0.3) is 0 Å². The molecule has 4 heteroatoms. The highest BCUT2D eigenvalue weighted by atomic mass is 35.5. The van der Waals surface area contributed by atoms with Crippen molar-refractivity contribution in [2.24, 2.45) is 0 Å². The van der Waals surface area contributed by atoms with Gasteiger partial charge in [-0.15, -0.1) is 0 Å². The van der Waals surface area contributed by atoms with Crippen molar-refractivity contribution in [1.82, 2.24) is 4.90 Å². The predicted molar refractivity (Wildman–Crippen MR) is 93.8 cm³/mol. The number of hydrogen-bond donors (Lipinski definition) is 0. The Morgan fingerprint density at radius 3 is 2.30 bits per heavy atom. The van der Waals surface area contributed by atoms with Crippen molar-refractivity contribution in [3.8, 4) is 17.2 Å². The van der Waals surface area contributed by atoms with Gasteiger partial charge in [0.15, 0.2) is 11.5 Å². The molecule has 2 aromatic carbocycles. The van der Waals surface area contributed by atoms with E-state index >= 15 is 0 Å². The summed E-state index contributed by atoms with van der Waals surface area (Å²) in [5.74, 6) is 2.26. The van der Waals surface area contributed by atoms with Gasteiger partial charge in [-0.2, -0.15) is 0 Å². The molecule has 0 spiro atoms. The number of nitrogens with zero attached hydrogens (tertiary/aromatic N) is 1. The zero-order chi connectivity index (χ0) is 15.9. The molecule has 1 aliphatic rings. The first kappa shape index (κ1) is 16.2. The van der Waals surface area contributed by atoms with Crippen LogP contribution in [0.4, 0.5) is 0 Å². The summed E-state index contributed by atoms with van der Waals surface area (Å²) in [6.07, 6.45) is 3.96. The van der Waals surface area contributed by atoms with Crippen LogP contribution in [0.15, 0.2) is 48.5 Å². The average Bonchev–Trinajstić information content (AvgIpc) is 2.59. The number of rotatable bonds is 6. The van der Waals surface area contributed by atoms with Gasteiger partial charge in [0, 0.05) is 11.6 Å². The Labute approximate surface area is 142 Å². The summed E-state index contributed by atoms with van der Waals surface area (Å²) in [5.41, 5.74) is 0. The summed E-state index contributed by atoms with van der Waals surface area (Å²) in [7, 11) is 0. The van der Waals surface area contributed by atoms with Gasteiger partial charge in [-0.3, -0.25) is 4.90 Å². The lowest BCUT2D eigenvalue weighted by Crippen LogP contribution is -2.33. The minimum atomic E-state index is 0.682. The molecule has 3 rings (SSSR count). The minimum absolute atomic E-state index is 0.682. The molecule has 0 saturated carbocycles. The van der Waals surface area contributed by atoms with Gasteiger partial charge in [0.25, 0.3) is 0 Å². The van der Waals surface area contributed by atoms with Crippen molar-refractivity contribution >= 4 is 11.6 Å². The standard InChI is InChI=1S/C19H22ClNO2/c20-16-8-10-17(11-9-16)23-19-7-3-2-6-18(19)22-15-14-21-12-4-1-5-13-21/h2-3,6-11H,1,4-5,12-15H2. The third-order valence-corrected chi connectivity index (χ3v) is 4.26. The Morgan fingerprint density at radius 1 is 0.870 bits per heavy atom. The number of benzene rings is 2. The summed E-state index contributed by atoms with van der Waals surface area (Å²) in [6.45, 7) is 4.02. The molecular weight excluding hydrogens is 310 g/mol. The fourth-order valence-electron chi connectivity index (χ4n) is 2.75. The number of piperidine rings is 1. The van der Waals surface area contributed by atoms with E-state index in [0.29, 0.717) is 11.6 Å². The second-order valence-electron chi connectivity index (χ2n) is 5.75. The molecule has 0 N–H and O–H groups in total. The van der Waals surface area contributed by atoms with E-state index in [1.54, 1.807) is 0 Å². The molecule has 23 heavy (non-hydrogen) atoms. The van der Waals surface area contributed by atoms with Crippen LogP contribution in [0.2, 0.25) is 5.02 Å². The van der Waals surface area contributed by atoms with Crippen LogP contribution >= 0.6 is 11.6 Å². The third-order valence-electron chi connectivity index (χ3n) is 4.00. The Kier molecular flexibility index (Phi) is 5.78. The second kappa shape index (κ2) is 8.23. The average molecular weight is 332 g/mol. The number of hydrogen-bond acceptors (Lipinski definition) is 3. The fourth-order valence-corrected chi connectivity index (χ4v) is 2.88. The molecule has 0 unspecified atom stereocenters. The molecule has 2 aromatic rings. The van der Waals surface area contributed by atoms with Crippen molar-refractivity contribution in [2.75, 3.05) is 26.2 Å². The smallest absolute Gasteiger partial charge is 0.169 e. The molecule has 1 fully saturated rings. The van der Waals surface area contributed by atoms with Crippen molar-refractivity contribution in [3.05, 3.63) is 53.6 Å². The van der Waals surface area contributed by atoms with E-state index in [4.69, 9.17) is 21.1 Å². The van der Waals surface area contributed by atoms with Crippen LogP contribution in [0.1, 0.15) is 19.3 Å². The van der Waals surface area contributed by atoms with E-state index in [2.05, 4.69) is 4.90 Å². The Balaban J connectivity index is 1.57. The molecule has 122 valence electrons. The molecular formula is C19H22ClNO2. The predicted octanol–water partition coefficient (Wildman–Crippen LogP) is 5.00. The Hall–Kier alpha value is -1.71. The molecule has 0 amide bonds. The largest absolute Gasteiger partial charge is 0.488 e. The van der Waals surface area contributed by atoms with Crippen LogP contribution < -0.4 is 9.47 Å². The number of likely N-dealkylation sites (tertiary alicyclic amines) is 1. The topological polar surface area (TPSA) is 21.7 Å². The van der Waals surface area contributed by atoms with E-state index in [9.17, 15) is 0 Å². The monoisotopic (exact) mass is 331 g/mol. The van der Waals surface area contributed by atoms with E-state index in [-0.39, 0.29) is 0 Å². The summed E-state index contributed by atoms with van der Waals surface area (Å²) < 4.78 is 11.9. The second-order valence-corrected chi connectivity index (χ2v) is 6.19. The highest BCUT2D eigenvalue weighted by Crippen LogP contribution is 2.31. The molecule has 0 aliphatic carbocycles. The number of para-hydroxylation sites is 2. The van der Waals surface area contributed by atoms with Crippen molar-refractivity contribution < 1.29 is 9.47 Å². The molecule has 0 radical (unpaired) electrons. The first-order chi connectivity index (χ1) is 11.3. The maximum absolute atomic E-state index is 5.94. The van der Waals surface area contributed by atoms with Gasteiger partial charge in [-0.05, 0) is 62.3 Å². The summed E-state index contributed by atoms with van der Waals surface area (Å²) in [6, 6.07) is 15.1. The molecule has 3 nitrogen and oxygen atoms in total. The molecule has 1 aliphatic heterocycles. The minimum Gasteiger partial charge on any atom is -0.488 e. The SMILES string of the molecule is Clc1ccc(Oc2ccccc2OCCN2CCCCC2)cc1. The van der Waals surface area contributed by atoms with Crippen molar-refractivity contribution in [2.45, 2.75) is 19.3 Å². The molecule has 1 heterocycles. The highest BCUT2D eigenvalue weighted by Gasteiger charge is 2.11. The van der Waals surface area contributed by atoms with Gasteiger partial charge in [0.05, 0.1) is 0 Å². The fraction of sp³-hybridized carbons (Fsp3) is 0.368. The van der Waals surface area contributed by atoms with Gasteiger partial charge in [0.2, 0.25) is 0 Å². The van der Waals surface area contributed by atoms with Crippen molar-refractivity contribution in [1.29, 1.82) is 0 Å². The quantitative estimate of drug-likeness (QED) is 0.743. The molecule has 0 bridgehead atoms. The van der Waals surface area contributed by atoms with Crippen LogP contribution in [-0.4, -0.2) is 31.1 Å². The van der Waals surface area contributed by atoms with Crippen LogP contribution in [0.5, 0.6) is 17.2 Å². The van der Waals surface area contributed by atoms with Crippen molar-refractivity contribution in [3.63, 3.8) is 0 Å². The number of halogens is 1. The zero-order valence-electron chi connectivity index (χ0n) is 13.2. The maximum Gasteiger partial charge on any atom is 0.169 e. The van der Waals surface area contributed by atoms with Gasteiger partial charge in [-0.25, -0.2) is 0 Å². The van der Waals surface area contributed by atoms with Crippen LogP contribution in [0, 0.1) is 0 Å². The lowest BCUT2D eigenvalue weighted by molar-refractivity contribution is 0.181. The highest BCUT2D eigenvalue weighted by molar-refractivity contribution is 6.30. The summed E-state index contributed by atoms with van der Waals surface area (Å²) in [5, 5.41) is 0.698. The van der Waals surface area contributed by atoms with Gasteiger partial charge < -0.3 is 9.47 Å². The Morgan fingerprint density at radius 2 is 1.57 bits per heavy atom. The van der Waals surface area contributed by atoms with E-state index < -0.39 is 0 Å². The zero-order valence-corrected chi connectivity index (χ0v) is 14.0. The van der Waals surface area contributed by atoms with E-state index in [1.807, 2.05) is 48.5 Å². The third kappa shape index (κ3) is 4.88. The summed E-state index contributed by atoms with van der Waals surface area (Å²) >= 11 is 5.90. The van der Waals surface area contributed by atoms with Gasteiger partial charge in [-0.1, -0.05) is 30.2 Å². The maximum atomic E-state index is 5.94. The van der Waals surface area contributed by atoms with Crippen LogP contribution in [-0.2, 0) is 0 Å². The van der Waals surface area contributed by atoms with Crippen LogP contribution in [0.3, 0.4) is 0 Å². The first-order valence-corrected chi connectivity index (χ1v) is 8.57. The van der Waals surface area contributed by atoms with E-state index in [0.717, 1.165) is 23.8 Å². The van der Waals surface area contributed by atoms with Gasteiger partial charge >= 0.3 is 0 Å². The molecule has 0 atom stereocenters. The lowest BCUT2D eigenvalue weighted by Gasteiger charge is -2.26. The molecule has 1 saturated heterocycles. The Bertz CT molecular complexity index is 609. The first-order valence-electron chi connectivity index (χ1n) is 8.19. The van der Waals surface area contributed by atoms with Gasteiger partial charge in [0.1, 0.15) is 12.4 Å². The number of ether oxygens (including phenoxy) is 2. The van der Waals surface area contributed by atoms with E-state index in [1.165, 1.54) is 32.4 Å². The lowest BCUT2D eigenvalue weighted by atomic mass is 10.1. The normalized spacial score (nSPS) is 15.3.